The number of carboxylic acids is 1. The fourth-order valence-corrected chi connectivity index (χ4v) is 7.36. The summed E-state index contributed by atoms with van der Waals surface area (Å²) in [5, 5.41) is 10.1. The van der Waals surface area contributed by atoms with E-state index in [1.54, 1.807) is 6.92 Å². The second-order valence-electron chi connectivity index (χ2n) is 10.5. The highest BCUT2D eigenvalue weighted by Crippen LogP contribution is 2.51. The monoisotopic (exact) mass is 414 g/mol. The molecule has 0 unspecified atom stereocenters. The van der Waals surface area contributed by atoms with Gasteiger partial charge in [0.1, 0.15) is 0 Å². The molecular formula is C28H30O3. The first kappa shape index (κ1) is 19.3. The molecule has 1 atom stereocenters. The first-order valence-corrected chi connectivity index (χ1v) is 12.0. The molecule has 6 rings (SSSR count). The molecule has 0 aromatic heterocycles. The molecule has 0 aliphatic heterocycles. The Morgan fingerprint density at radius 1 is 0.677 bits per heavy atom. The minimum Gasteiger partial charge on any atom is -0.478 e. The zero-order chi connectivity index (χ0) is 21.3. The van der Waals surface area contributed by atoms with Crippen LogP contribution in [-0.2, 0) is 51.4 Å². The first-order valence-electron chi connectivity index (χ1n) is 12.0. The van der Waals surface area contributed by atoms with Crippen molar-refractivity contribution in [3.05, 3.63) is 67.8 Å². The van der Waals surface area contributed by atoms with Crippen molar-refractivity contribution in [1.82, 2.24) is 0 Å². The van der Waals surface area contributed by atoms with E-state index < -0.39 is 5.97 Å². The Morgan fingerprint density at radius 3 is 1.68 bits per heavy atom. The number of benzene rings is 2. The summed E-state index contributed by atoms with van der Waals surface area (Å²) >= 11 is 0. The predicted octanol–water partition coefficient (Wildman–Crippen LogP) is 5.23. The number of hydrogen-bond acceptors (Lipinski definition) is 2. The van der Waals surface area contributed by atoms with Gasteiger partial charge in [0.25, 0.3) is 0 Å². The van der Waals surface area contributed by atoms with Gasteiger partial charge in [-0.3, -0.25) is 4.79 Å². The van der Waals surface area contributed by atoms with E-state index in [1.807, 2.05) is 0 Å². The van der Waals surface area contributed by atoms with Crippen molar-refractivity contribution in [2.45, 2.75) is 84.0 Å². The molecule has 1 spiro atoms. The number of rotatable bonds is 2. The number of ketones is 1. The van der Waals surface area contributed by atoms with Crippen molar-refractivity contribution in [1.29, 1.82) is 0 Å². The van der Waals surface area contributed by atoms with Crippen LogP contribution in [0.1, 0.15) is 97.8 Å². The lowest BCUT2D eigenvalue weighted by Crippen LogP contribution is -2.22. The third kappa shape index (κ3) is 2.85. The van der Waals surface area contributed by atoms with Gasteiger partial charge in [0.05, 0.1) is 5.56 Å². The Kier molecular flexibility index (Phi) is 4.22. The molecule has 0 amide bonds. The van der Waals surface area contributed by atoms with Gasteiger partial charge >= 0.3 is 5.97 Å². The Bertz CT molecular complexity index is 1060. The summed E-state index contributed by atoms with van der Waals surface area (Å²) in [7, 11) is 0. The van der Waals surface area contributed by atoms with Gasteiger partial charge in [-0.2, -0.15) is 0 Å². The maximum absolute atomic E-state index is 12.7. The average Bonchev–Trinajstić information content (AvgIpc) is 3.26. The Hall–Kier alpha value is -2.42. The molecule has 4 aliphatic rings. The molecule has 0 fully saturated rings. The molecular weight excluding hydrogens is 384 g/mol. The van der Waals surface area contributed by atoms with Crippen LogP contribution in [0.2, 0.25) is 0 Å². The van der Waals surface area contributed by atoms with E-state index in [0.29, 0.717) is 5.56 Å². The van der Waals surface area contributed by atoms with Crippen LogP contribution >= 0.6 is 0 Å². The van der Waals surface area contributed by atoms with Crippen molar-refractivity contribution < 1.29 is 14.7 Å². The van der Waals surface area contributed by atoms with Crippen molar-refractivity contribution >= 4 is 11.8 Å². The third-order valence-corrected chi connectivity index (χ3v) is 8.50. The highest BCUT2D eigenvalue weighted by molar-refractivity contribution is 5.98. The number of carbonyl (C=O) groups excluding carboxylic acids is 1. The quantitative estimate of drug-likeness (QED) is 0.685. The normalized spacial score (nSPS) is 23.3. The van der Waals surface area contributed by atoms with Gasteiger partial charge in [-0.15, -0.1) is 0 Å². The molecule has 160 valence electrons. The molecule has 1 N–H and O–H groups in total. The van der Waals surface area contributed by atoms with E-state index in [-0.39, 0.29) is 11.2 Å². The number of aromatic carboxylic acids is 1. The second kappa shape index (κ2) is 6.79. The van der Waals surface area contributed by atoms with Crippen molar-refractivity contribution in [2.24, 2.45) is 5.41 Å². The van der Waals surface area contributed by atoms with Crippen LogP contribution in [0, 0.1) is 5.41 Å². The maximum Gasteiger partial charge on any atom is 0.336 e. The highest BCUT2D eigenvalue weighted by Gasteiger charge is 2.46. The van der Waals surface area contributed by atoms with E-state index >= 15 is 0 Å². The summed E-state index contributed by atoms with van der Waals surface area (Å²) in [6.45, 7) is 1.73. The van der Waals surface area contributed by atoms with Crippen molar-refractivity contribution in [2.75, 3.05) is 0 Å². The van der Waals surface area contributed by atoms with Crippen LogP contribution in [0.4, 0.5) is 0 Å². The lowest BCUT2D eigenvalue weighted by atomic mass is 9.80. The zero-order valence-corrected chi connectivity index (χ0v) is 18.4. The molecule has 0 bridgehead atoms. The van der Waals surface area contributed by atoms with Crippen LogP contribution in [-0.4, -0.2) is 16.9 Å². The molecule has 3 nitrogen and oxygen atoms in total. The largest absolute Gasteiger partial charge is 0.478 e. The summed E-state index contributed by atoms with van der Waals surface area (Å²) in [5.74, 6) is -0.535. The molecule has 2 aromatic rings. The topological polar surface area (TPSA) is 54.4 Å². The minimum atomic E-state index is -0.748. The van der Waals surface area contributed by atoms with Crippen molar-refractivity contribution in [3.63, 3.8) is 0 Å². The standard InChI is InChI=1S/C28H30O3/c1-16(29)25-21-8-4-2-6-17(21)10-19-12-28(14-23(19)25)13-20-11-18-7-3-5-9-22(18)26(27(30)31)24(20)15-28/h10-11H,2-9,12-15H2,1H3,(H,30,31)/t28-/m0/s1. The predicted molar refractivity (Wildman–Crippen MR) is 120 cm³/mol. The van der Waals surface area contributed by atoms with Gasteiger partial charge in [-0.25, -0.2) is 4.79 Å². The lowest BCUT2D eigenvalue weighted by Gasteiger charge is -2.23. The van der Waals surface area contributed by atoms with E-state index in [0.717, 1.165) is 80.9 Å². The summed E-state index contributed by atoms with van der Waals surface area (Å²) in [6.07, 6.45) is 12.4. The van der Waals surface area contributed by atoms with Crippen LogP contribution in [0.15, 0.2) is 12.1 Å². The number of aryl methyl sites for hydroxylation is 2. The molecule has 0 heterocycles. The fraction of sp³-hybridized carbons (Fsp3) is 0.500. The molecule has 0 saturated heterocycles. The van der Waals surface area contributed by atoms with Gasteiger partial charge < -0.3 is 5.11 Å². The third-order valence-electron chi connectivity index (χ3n) is 8.50. The Balaban J connectivity index is 1.45. The lowest BCUT2D eigenvalue weighted by molar-refractivity contribution is 0.0693. The van der Waals surface area contributed by atoms with Gasteiger partial charge in [0, 0.05) is 5.56 Å². The van der Waals surface area contributed by atoms with E-state index in [4.69, 9.17) is 0 Å². The summed E-state index contributed by atoms with van der Waals surface area (Å²) < 4.78 is 0. The molecule has 0 radical (unpaired) electrons. The van der Waals surface area contributed by atoms with E-state index in [2.05, 4.69) is 12.1 Å². The molecule has 4 aliphatic carbocycles. The van der Waals surface area contributed by atoms with Gasteiger partial charge in [-0.1, -0.05) is 12.1 Å². The number of carbonyl (C=O) groups is 2. The minimum absolute atomic E-state index is 0.0486. The number of Topliss-reactive ketones (excluding diaryl/α,β-unsaturated/α-hetero) is 1. The van der Waals surface area contributed by atoms with Crippen LogP contribution in [0.5, 0.6) is 0 Å². The fourth-order valence-electron chi connectivity index (χ4n) is 7.36. The average molecular weight is 415 g/mol. The highest BCUT2D eigenvalue weighted by atomic mass is 16.4. The molecule has 0 saturated carbocycles. The summed E-state index contributed by atoms with van der Waals surface area (Å²) in [4.78, 5) is 25.1. The second-order valence-corrected chi connectivity index (χ2v) is 10.5. The maximum atomic E-state index is 12.7. The molecule has 31 heavy (non-hydrogen) atoms. The number of hydrogen-bond donors (Lipinski definition) is 1. The smallest absolute Gasteiger partial charge is 0.336 e. The van der Waals surface area contributed by atoms with Gasteiger partial charge in [0.2, 0.25) is 0 Å². The Labute approximate surface area is 183 Å². The zero-order valence-electron chi connectivity index (χ0n) is 18.4. The van der Waals surface area contributed by atoms with Crippen LogP contribution in [0.25, 0.3) is 0 Å². The molecule has 3 heteroatoms. The first-order chi connectivity index (χ1) is 15.0. The van der Waals surface area contributed by atoms with E-state index in [1.165, 1.54) is 46.2 Å². The van der Waals surface area contributed by atoms with Gasteiger partial charge in [-0.05, 0) is 134 Å². The van der Waals surface area contributed by atoms with Gasteiger partial charge in [0.15, 0.2) is 5.78 Å². The number of carboxylic acid groups (broad SMARTS) is 1. The SMILES string of the molecule is CC(=O)c1c2c(cc3c1C[C@]1(C3)Cc3cc4c(c(C(=O)O)c3C1)CCCC4)CCCC2. The van der Waals surface area contributed by atoms with Crippen LogP contribution < -0.4 is 0 Å². The summed E-state index contributed by atoms with van der Waals surface area (Å²) in [5.41, 5.74) is 11.8. The van der Waals surface area contributed by atoms with E-state index in [9.17, 15) is 14.7 Å². The molecule has 2 aromatic carbocycles. The Morgan fingerprint density at radius 2 is 1.16 bits per heavy atom. The van der Waals surface area contributed by atoms with Crippen LogP contribution in [0.3, 0.4) is 0 Å². The summed E-state index contributed by atoms with van der Waals surface area (Å²) in [6, 6.07) is 4.74. The number of fused-ring (bicyclic) bond motifs is 4. The van der Waals surface area contributed by atoms with Crippen molar-refractivity contribution in [3.8, 4) is 0 Å².